The SMILES string of the molecule is CC(c1ccc(F)cc1)N(C)c1ccc(S(=O)(=O)C(F)F)cc1. The van der Waals surface area contributed by atoms with Crippen molar-refractivity contribution in [3.63, 3.8) is 0 Å². The Labute approximate surface area is 133 Å². The molecule has 1 unspecified atom stereocenters. The van der Waals surface area contributed by atoms with Gasteiger partial charge in [-0.1, -0.05) is 12.1 Å². The number of sulfone groups is 1. The molecule has 0 heterocycles. The molecule has 0 aliphatic carbocycles. The fourth-order valence-corrected chi connectivity index (χ4v) is 2.88. The van der Waals surface area contributed by atoms with Crippen LogP contribution in [0, 0.1) is 5.82 Å². The van der Waals surface area contributed by atoms with Crippen LogP contribution in [0.3, 0.4) is 0 Å². The Kier molecular flexibility index (Phi) is 4.99. The molecule has 2 aromatic carbocycles. The van der Waals surface area contributed by atoms with E-state index >= 15 is 0 Å². The van der Waals surface area contributed by atoms with Crippen LogP contribution in [-0.4, -0.2) is 21.2 Å². The van der Waals surface area contributed by atoms with Crippen LogP contribution >= 0.6 is 0 Å². The molecule has 124 valence electrons. The molecule has 1 atom stereocenters. The van der Waals surface area contributed by atoms with E-state index < -0.39 is 20.5 Å². The van der Waals surface area contributed by atoms with Gasteiger partial charge in [0.25, 0.3) is 0 Å². The second-order valence-corrected chi connectivity index (χ2v) is 7.06. The maximum absolute atomic E-state index is 13.0. The van der Waals surface area contributed by atoms with Crippen molar-refractivity contribution < 1.29 is 21.6 Å². The monoisotopic (exact) mass is 343 g/mol. The van der Waals surface area contributed by atoms with Crippen LogP contribution in [0.2, 0.25) is 0 Å². The van der Waals surface area contributed by atoms with Gasteiger partial charge in [0.15, 0.2) is 0 Å². The third kappa shape index (κ3) is 3.67. The van der Waals surface area contributed by atoms with Crippen molar-refractivity contribution in [3.8, 4) is 0 Å². The van der Waals surface area contributed by atoms with Crippen LogP contribution in [0.15, 0.2) is 53.4 Å². The Morgan fingerprint density at radius 3 is 1.96 bits per heavy atom. The molecule has 0 bridgehead atoms. The first kappa shape index (κ1) is 17.3. The lowest BCUT2D eigenvalue weighted by atomic mass is 10.1. The average Bonchev–Trinajstić information content (AvgIpc) is 2.54. The number of alkyl halides is 2. The van der Waals surface area contributed by atoms with E-state index in [4.69, 9.17) is 0 Å². The standard InChI is InChI=1S/C16H16F3NO2S/c1-11(12-3-5-13(17)6-4-12)20(2)14-7-9-15(10-8-14)23(21,22)16(18)19/h3-11,16H,1-2H3. The molecule has 0 radical (unpaired) electrons. The highest BCUT2D eigenvalue weighted by atomic mass is 32.2. The summed E-state index contributed by atoms with van der Waals surface area (Å²) in [6.07, 6.45) is 0. The van der Waals surface area contributed by atoms with Crippen molar-refractivity contribution in [2.24, 2.45) is 0 Å². The topological polar surface area (TPSA) is 37.4 Å². The third-order valence-corrected chi connectivity index (χ3v) is 5.14. The van der Waals surface area contributed by atoms with Crippen LogP contribution in [0.5, 0.6) is 0 Å². The number of hydrogen-bond acceptors (Lipinski definition) is 3. The summed E-state index contributed by atoms with van der Waals surface area (Å²) < 4.78 is 60.8. The fraction of sp³-hybridized carbons (Fsp3) is 0.250. The zero-order valence-corrected chi connectivity index (χ0v) is 13.4. The molecule has 0 aliphatic heterocycles. The Balaban J connectivity index is 2.23. The van der Waals surface area contributed by atoms with E-state index in [9.17, 15) is 21.6 Å². The summed E-state index contributed by atoms with van der Waals surface area (Å²) >= 11 is 0. The summed E-state index contributed by atoms with van der Waals surface area (Å²) in [5.41, 5.74) is 1.54. The van der Waals surface area contributed by atoms with Gasteiger partial charge in [0.05, 0.1) is 10.9 Å². The highest BCUT2D eigenvalue weighted by Crippen LogP contribution is 2.27. The van der Waals surface area contributed by atoms with Crippen molar-refractivity contribution >= 4 is 15.5 Å². The van der Waals surface area contributed by atoms with Gasteiger partial charge in [0, 0.05) is 12.7 Å². The number of rotatable bonds is 5. The summed E-state index contributed by atoms with van der Waals surface area (Å²) in [5, 5.41) is 0. The molecule has 0 aliphatic rings. The zero-order chi connectivity index (χ0) is 17.2. The molecule has 0 N–H and O–H groups in total. The lowest BCUT2D eigenvalue weighted by Gasteiger charge is -2.27. The highest BCUT2D eigenvalue weighted by Gasteiger charge is 2.26. The molecule has 23 heavy (non-hydrogen) atoms. The first-order valence-electron chi connectivity index (χ1n) is 6.84. The number of halogens is 3. The van der Waals surface area contributed by atoms with Gasteiger partial charge in [0.1, 0.15) is 5.82 Å². The molecule has 7 heteroatoms. The Morgan fingerprint density at radius 1 is 0.957 bits per heavy atom. The molecule has 0 spiro atoms. The molecular weight excluding hydrogens is 327 g/mol. The van der Waals surface area contributed by atoms with Crippen LogP contribution < -0.4 is 4.90 Å². The molecule has 3 nitrogen and oxygen atoms in total. The summed E-state index contributed by atoms with van der Waals surface area (Å²) in [7, 11) is -2.81. The minimum Gasteiger partial charge on any atom is -0.368 e. The van der Waals surface area contributed by atoms with E-state index in [2.05, 4.69) is 0 Å². The highest BCUT2D eigenvalue weighted by molar-refractivity contribution is 7.91. The van der Waals surface area contributed by atoms with Gasteiger partial charge < -0.3 is 4.90 Å². The normalized spacial score (nSPS) is 13.1. The lowest BCUT2D eigenvalue weighted by Crippen LogP contribution is -2.21. The third-order valence-electron chi connectivity index (χ3n) is 3.74. The van der Waals surface area contributed by atoms with Gasteiger partial charge >= 0.3 is 5.76 Å². The number of anilines is 1. The van der Waals surface area contributed by atoms with E-state index in [1.807, 2.05) is 11.8 Å². The first-order valence-corrected chi connectivity index (χ1v) is 8.38. The minimum absolute atomic E-state index is 0.104. The van der Waals surface area contributed by atoms with Gasteiger partial charge in [-0.3, -0.25) is 0 Å². The number of nitrogens with zero attached hydrogens (tertiary/aromatic N) is 1. The largest absolute Gasteiger partial charge is 0.368 e. The maximum atomic E-state index is 13.0. The molecule has 0 saturated heterocycles. The van der Waals surface area contributed by atoms with E-state index in [-0.39, 0.29) is 11.9 Å². The fourth-order valence-electron chi connectivity index (χ4n) is 2.16. The van der Waals surface area contributed by atoms with E-state index in [1.54, 1.807) is 19.2 Å². The van der Waals surface area contributed by atoms with E-state index in [1.165, 1.54) is 24.3 Å². The predicted molar refractivity (Wildman–Crippen MR) is 82.8 cm³/mol. The Hall–Kier alpha value is -2.02. The zero-order valence-electron chi connectivity index (χ0n) is 12.6. The van der Waals surface area contributed by atoms with Gasteiger partial charge in [0.2, 0.25) is 9.84 Å². The first-order chi connectivity index (χ1) is 10.7. The van der Waals surface area contributed by atoms with E-state index in [0.29, 0.717) is 5.69 Å². The van der Waals surface area contributed by atoms with Crippen LogP contribution in [0.4, 0.5) is 18.9 Å². The van der Waals surface area contributed by atoms with Crippen molar-refractivity contribution in [2.75, 3.05) is 11.9 Å². The van der Waals surface area contributed by atoms with Crippen LogP contribution in [-0.2, 0) is 9.84 Å². The predicted octanol–water partition coefficient (Wildman–Crippen LogP) is 4.02. The second-order valence-electron chi connectivity index (χ2n) is 5.14. The van der Waals surface area contributed by atoms with Crippen molar-refractivity contribution in [1.29, 1.82) is 0 Å². The van der Waals surface area contributed by atoms with Crippen molar-refractivity contribution in [3.05, 3.63) is 59.9 Å². The van der Waals surface area contributed by atoms with Gasteiger partial charge in [-0.25, -0.2) is 12.8 Å². The van der Waals surface area contributed by atoms with Crippen molar-refractivity contribution in [2.45, 2.75) is 23.6 Å². The molecule has 0 aromatic heterocycles. The summed E-state index contributed by atoms with van der Waals surface area (Å²) in [5.74, 6) is -3.77. The van der Waals surface area contributed by atoms with Crippen molar-refractivity contribution in [1.82, 2.24) is 0 Å². The van der Waals surface area contributed by atoms with Gasteiger partial charge in [-0.2, -0.15) is 8.78 Å². The average molecular weight is 343 g/mol. The molecular formula is C16H16F3NO2S. The molecule has 2 rings (SSSR count). The van der Waals surface area contributed by atoms with E-state index in [0.717, 1.165) is 17.7 Å². The minimum atomic E-state index is -4.59. The quantitative estimate of drug-likeness (QED) is 0.823. The molecule has 0 fully saturated rings. The smallest absolute Gasteiger partial charge is 0.341 e. The lowest BCUT2D eigenvalue weighted by molar-refractivity contribution is 0.234. The Morgan fingerprint density at radius 2 is 1.48 bits per heavy atom. The van der Waals surface area contributed by atoms with Gasteiger partial charge in [-0.15, -0.1) is 0 Å². The second kappa shape index (κ2) is 6.62. The number of hydrogen-bond donors (Lipinski definition) is 0. The summed E-state index contributed by atoms with van der Waals surface area (Å²) in [6, 6.07) is 11.2. The number of benzene rings is 2. The summed E-state index contributed by atoms with van der Waals surface area (Å²) in [6.45, 7) is 1.90. The molecule has 0 saturated carbocycles. The van der Waals surface area contributed by atoms with Gasteiger partial charge in [-0.05, 0) is 48.9 Å². The maximum Gasteiger partial charge on any atom is 0.341 e. The Bertz CT molecular complexity index is 759. The summed E-state index contributed by atoms with van der Waals surface area (Å²) in [4.78, 5) is 1.42. The van der Waals surface area contributed by atoms with Crippen LogP contribution in [0.25, 0.3) is 0 Å². The molecule has 2 aromatic rings. The molecule has 0 amide bonds. The van der Waals surface area contributed by atoms with Crippen LogP contribution in [0.1, 0.15) is 18.5 Å².